The average Bonchev–Trinajstić information content (AvgIpc) is 2.96. The van der Waals surface area contributed by atoms with Crippen molar-refractivity contribution in [3.63, 3.8) is 0 Å². The Hall–Kier alpha value is -2.96. The molecule has 0 radical (unpaired) electrons. The van der Waals surface area contributed by atoms with Crippen molar-refractivity contribution in [3.05, 3.63) is 58.5 Å². The van der Waals surface area contributed by atoms with Crippen LogP contribution in [0.4, 0.5) is 0 Å². The zero-order chi connectivity index (χ0) is 20.1. The molecule has 1 aromatic carbocycles. The molecule has 0 saturated carbocycles. The fourth-order valence-corrected chi connectivity index (χ4v) is 3.65. The molecule has 28 heavy (non-hydrogen) atoms. The van der Waals surface area contributed by atoms with E-state index in [2.05, 4.69) is 36.4 Å². The van der Waals surface area contributed by atoms with E-state index in [9.17, 15) is 9.59 Å². The van der Waals surface area contributed by atoms with Crippen molar-refractivity contribution in [2.75, 3.05) is 13.1 Å². The van der Waals surface area contributed by atoms with E-state index in [-0.39, 0.29) is 29.5 Å². The molecule has 1 aliphatic heterocycles. The van der Waals surface area contributed by atoms with Crippen LogP contribution >= 0.6 is 0 Å². The summed E-state index contributed by atoms with van der Waals surface area (Å²) in [6.45, 7) is 9.49. The topological polar surface area (TPSA) is 73.0 Å². The van der Waals surface area contributed by atoms with Gasteiger partial charge < -0.3 is 9.47 Å². The van der Waals surface area contributed by atoms with Gasteiger partial charge in [-0.2, -0.15) is 0 Å². The van der Waals surface area contributed by atoms with Gasteiger partial charge in [-0.3, -0.25) is 14.2 Å². The number of hydrogen-bond acceptors (Lipinski definition) is 4. The third-order valence-corrected chi connectivity index (χ3v) is 5.17. The minimum Gasteiger partial charge on any atom is -0.337 e. The number of aryl methyl sites for hydroxylation is 1. The maximum absolute atomic E-state index is 12.6. The van der Waals surface area contributed by atoms with E-state index >= 15 is 0 Å². The fourth-order valence-electron chi connectivity index (χ4n) is 3.65. The quantitative estimate of drug-likeness (QED) is 0.700. The molecular weight excluding hydrogens is 354 g/mol. The maximum atomic E-state index is 12.6. The standard InChI is InChI=1S/C21H25N5O2/c1-14-9-18(27)25(13-22-14)12-19(28)24-10-15(11-24)26-17-8-6-5-7-16(17)23-20(26)21(2,3)4/h5-9,13,15H,10-12H2,1-4H3. The van der Waals surface area contributed by atoms with Gasteiger partial charge in [0.25, 0.3) is 5.56 Å². The molecule has 3 aromatic rings. The number of para-hydroxylation sites is 2. The number of imidazole rings is 1. The van der Waals surface area contributed by atoms with Gasteiger partial charge in [0.05, 0.1) is 23.4 Å². The second-order valence-corrected chi connectivity index (χ2v) is 8.49. The molecule has 4 rings (SSSR count). The van der Waals surface area contributed by atoms with E-state index in [0.29, 0.717) is 18.8 Å². The van der Waals surface area contributed by atoms with Gasteiger partial charge in [0.1, 0.15) is 12.4 Å². The second-order valence-electron chi connectivity index (χ2n) is 8.49. The summed E-state index contributed by atoms with van der Waals surface area (Å²) in [7, 11) is 0. The molecule has 1 amide bonds. The summed E-state index contributed by atoms with van der Waals surface area (Å²) < 4.78 is 3.63. The van der Waals surface area contributed by atoms with Crippen LogP contribution in [0.15, 0.2) is 41.5 Å². The van der Waals surface area contributed by atoms with E-state index in [0.717, 1.165) is 16.9 Å². The summed E-state index contributed by atoms with van der Waals surface area (Å²) in [6, 6.07) is 9.76. The molecule has 3 heterocycles. The van der Waals surface area contributed by atoms with Crippen LogP contribution in [0.1, 0.15) is 38.3 Å². The van der Waals surface area contributed by atoms with E-state index in [1.165, 1.54) is 17.0 Å². The molecule has 1 fully saturated rings. The van der Waals surface area contributed by atoms with E-state index in [1.54, 1.807) is 11.8 Å². The second kappa shape index (κ2) is 6.58. The average molecular weight is 379 g/mol. The Kier molecular flexibility index (Phi) is 4.33. The van der Waals surface area contributed by atoms with Gasteiger partial charge in [0.15, 0.2) is 0 Å². The van der Waals surface area contributed by atoms with Crippen LogP contribution in [-0.4, -0.2) is 43.0 Å². The van der Waals surface area contributed by atoms with Crippen LogP contribution in [0.2, 0.25) is 0 Å². The summed E-state index contributed by atoms with van der Waals surface area (Å²) in [5.74, 6) is 0.968. The summed E-state index contributed by atoms with van der Waals surface area (Å²) in [5, 5.41) is 0. The van der Waals surface area contributed by atoms with Gasteiger partial charge in [0.2, 0.25) is 5.91 Å². The van der Waals surface area contributed by atoms with Gasteiger partial charge >= 0.3 is 0 Å². The third-order valence-electron chi connectivity index (χ3n) is 5.17. The highest BCUT2D eigenvalue weighted by atomic mass is 16.2. The molecule has 1 aliphatic rings. The number of likely N-dealkylation sites (tertiary alicyclic amines) is 1. The van der Waals surface area contributed by atoms with Gasteiger partial charge in [-0.15, -0.1) is 0 Å². The number of carbonyl (C=O) groups excluding carboxylic acids is 1. The molecule has 7 heteroatoms. The Balaban J connectivity index is 1.54. The van der Waals surface area contributed by atoms with Crippen LogP contribution in [0, 0.1) is 6.92 Å². The molecule has 0 aliphatic carbocycles. The van der Waals surface area contributed by atoms with Gasteiger partial charge in [-0.1, -0.05) is 32.9 Å². The SMILES string of the molecule is Cc1cc(=O)n(CC(=O)N2CC(n3c(C(C)(C)C)nc4ccccc43)C2)cn1. The first kappa shape index (κ1) is 18.4. The predicted molar refractivity (Wildman–Crippen MR) is 107 cm³/mol. The lowest BCUT2D eigenvalue weighted by Gasteiger charge is -2.42. The number of aromatic nitrogens is 4. The van der Waals surface area contributed by atoms with Crippen molar-refractivity contribution in [2.24, 2.45) is 0 Å². The van der Waals surface area contributed by atoms with E-state index in [1.807, 2.05) is 18.2 Å². The van der Waals surface area contributed by atoms with Crippen molar-refractivity contribution >= 4 is 16.9 Å². The Labute approximate surface area is 163 Å². The molecule has 0 atom stereocenters. The number of amides is 1. The predicted octanol–water partition coefficient (Wildman–Crippen LogP) is 2.28. The van der Waals surface area contributed by atoms with E-state index in [4.69, 9.17) is 4.98 Å². The Morgan fingerprint density at radius 2 is 1.93 bits per heavy atom. The molecule has 0 bridgehead atoms. The third kappa shape index (κ3) is 3.21. The Bertz CT molecular complexity index is 1100. The summed E-state index contributed by atoms with van der Waals surface area (Å²) in [6.07, 6.45) is 1.44. The Morgan fingerprint density at radius 3 is 2.61 bits per heavy atom. The van der Waals surface area contributed by atoms with Gasteiger partial charge in [0, 0.05) is 30.3 Å². The highest BCUT2D eigenvalue weighted by molar-refractivity contribution is 5.78. The molecule has 0 spiro atoms. The zero-order valence-corrected chi connectivity index (χ0v) is 16.7. The fraction of sp³-hybridized carbons (Fsp3) is 0.429. The number of carbonyl (C=O) groups is 1. The summed E-state index contributed by atoms with van der Waals surface area (Å²) >= 11 is 0. The summed E-state index contributed by atoms with van der Waals surface area (Å²) in [4.78, 5) is 35.3. The van der Waals surface area contributed by atoms with Crippen LogP contribution < -0.4 is 5.56 Å². The van der Waals surface area contributed by atoms with Crippen molar-refractivity contribution < 1.29 is 4.79 Å². The molecular formula is C21H25N5O2. The maximum Gasteiger partial charge on any atom is 0.253 e. The molecule has 1 saturated heterocycles. The van der Waals surface area contributed by atoms with E-state index < -0.39 is 0 Å². The van der Waals surface area contributed by atoms with Crippen molar-refractivity contribution in [1.29, 1.82) is 0 Å². The highest BCUT2D eigenvalue weighted by Gasteiger charge is 2.36. The summed E-state index contributed by atoms with van der Waals surface area (Å²) in [5.41, 5.74) is 2.44. The largest absolute Gasteiger partial charge is 0.337 e. The van der Waals surface area contributed by atoms with Crippen LogP contribution in [-0.2, 0) is 16.8 Å². The number of nitrogens with zero attached hydrogens (tertiary/aromatic N) is 5. The zero-order valence-electron chi connectivity index (χ0n) is 16.7. The molecule has 0 unspecified atom stereocenters. The minimum absolute atomic E-state index is 0.0234. The van der Waals surface area contributed by atoms with Crippen molar-refractivity contribution in [1.82, 2.24) is 24.0 Å². The number of rotatable bonds is 3. The molecule has 7 nitrogen and oxygen atoms in total. The first-order valence-corrected chi connectivity index (χ1v) is 9.52. The Morgan fingerprint density at radius 1 is 1.21 bits per heavy atom. The van der Waals surface area contributed by atoms with Gasteiger partial charge in [-0.05, 0) is 19.1 Å². The number of fused-ring (bicyclic) bond motifs is 1. The van der Waals surface area contributed by atoms with Crippen LogP contribution in [0.25, 0.3) is 11.0 Å². The highest BCUT2D eigenvalue weighted by Crippen LogP contribution is 2.33. The minimum atomic E-state index is -0.200. The van der Waals surface area contributed by atoms with Crippen LogP contribution in [0.5, 0.6) is 0 Å². The lowest BCUT2D eigenvalue weighted by Crippen LogP contribution is -2.52. The van der Waals surface area contributed by atoms with Gasteiger partial charge in [-0.25, -0.2) is 9.97 Å². The van der Waals surface area contributed by atoms with Crippen LogP contribution in [0.3, 0.4) is 0 Å². The normalized spacial score (nSPS) is 15.1. The number of hydrogen-bond donors (Lipinski definition) is 0. The lowest BCUT2D eigenvalue weighted by atomic mass is 9.94. The number of benzene rings is 1. The molecule has 146 valence electrons. The monoisotopic (exact) mass is 379 g/mol. The van der Waals surface area contributed by atoms with Crippen molar-refractivity contribution in [3.8, 4) is 0 Å². The lowest BCUT2D eigenvalue weighted by molar-refractivity contribution is -0.137. The van der Waals surface area contributed by atoms with Crippen molar-refractivity contribution in [2.45, 2.75) is 45.7 Å². The first-order chi connectivity index (χ1) is 13.2. The smallest absolute Gasteiger partial charge is 0.253 e. The molecule has 2 aromatic heterocycles. The molecule has 0 N–H and O–H groups in total. The first-order valence-electron chi connectivity index (χ1n) is 9.52.